The van der Waals surface area contributed by atoms with Gasteiger partial charge in [-0.3, -0.25) is 19.7 Å². The first-order valence-electron chi connectivity index (χ1n) is 21.6. The molecule has 4 saturated heterocycles. The summed E-state index contributed by atoms with van der Waals surface area (Å²) < 4.78 is 82.7. The number of hydrogen-bond donors (Lipinski definition) is 0. The maximum absolute atomic E-state index is 12.9. The van der Waals surface area contributed by atoms with Gasteiger partial charge < -0.3 is 29.2 Å². The molecule has 0 radical (unpaired) electrons. The summed E-state index contributed by atoms with van der Waals surface area (Å²) in [5.74, 6) is 3.44. The first-order valence-corrected chi connectivity index (χ1v) is 21.6. The predicted molar refractivity (Wildman–Crippen MR) is 223 cm³/mol. The summed E-state index contributed by atoms with van der Waals surface area (Å²) in [6.45, 7) is 15.2. The van der Waals surface area contributed by atoms with Gasteiger partial charge in [0.2, 0.25) is 5.91 Å². The van der Waals surface area contributed by atoms with Crippen molar-refractivity contribution in [3.63, 3.8) is 0 Å². The van der Waals surface area contributed by atoms with Gasteiger partial charge in [0.15, 0.2) is 0 Å². The average molecular weight is 897 g/mol. The summed E-state index contributed by atoms with van der Waals surface area (Å²) in [5, 5.41) is 0. The zero-order valence-corrected chi connectivity index (χ0v) is 36.1. The number of aryl methyl sites for hydroxylation is 2. The Morgan fingerprint density at radius 3 is 1.55 bits per heavy atom. The summed E-state index contributed by atoms with van der Waals surface area (Å²) >= 11 is 0. The maximum Gasteiger partial charge on any atom is 0.433 e. The molecule has 2 amide bonds. The predicted octanol–water partition coefficient (Wildman–Crippen LogP) is 6.55. The number of carbonyl (C=O) groups excluding carboxylic acids is 2. The van der Waals surface area contributed by atoms with E-state index < -0.39 is 29.8 Å². The zero-order chi connectivity index (χ0) is 45.5. The normalized spacial score (nSPS) is 18.1. The molecular formula is C43H50F6N12O3. The molecule has 21 heteroatoms. The molecule has 4 aromatic rings. The first kappa shape index (κ1) is 44.6. The van der Waals surface area contributed by atoms with E-state index in [1.165, 1.54) is 12.3 Å². The molecule has 6 aliphatic rings. The summed E-state index contributed by atoms with van der Waals surface area (Å²) in [5.41, 5.74) is 2.85. The molecule has 64 heavy (non-hydrogen) atoms. The number of rotatable bonds is 7. The van der Waals surface area contributed by atoms with Crippen molar-refractivity contribution >= 4 is 35.0 Å². The summed E-state index contributed by atoms with van der Waals surface area (Å²) in [6, 6.07) is 5.16. The summed E-state index contributed by atoms with van der Waals surface area (Å²) in [4.78, 5) is 61.9. The van der Waals surface area contributed by atoms with E-state index in [9.17, 15) is 35.9 Å². The molecule has 0 aliphatic carbocycles. The minimum Gasteiger partial charge on any atom is -0.442 e. The Labute approximate surface area is 366 Å². The van der Waals surface area contributed by atoms with Gasteiger partial charge in [-0.2, -0.15) is 26.3 Å². The highest BCUT2D eigenvalue weighted by molar-refractivity contribution is 5.78. The van der Waals surface area contributed by atoms with Crippen LogP contribution in [0, 0.1) is 19.8 Å². The molecule has 10 heterocycles. The minimum atomic E-state index is -4.49. The fraction of sp³-hybridized carbons (Fsp3) is 0.535. The molecule has 4 fully saturated rings. The molecular weight excluding hydrogens is 847 g/mol. The highest BCUT2D eigenvalue weighted by Crippen LogP contribution is 2.37. The number of aromatic nitrogens is 6. The maximum atomic E-state index is 12.9. The number of hydrogen-bond acceptors (Lipinski definition) is 13. The largest absolute Gasteiger partial charge is 0.442 e. The third-order valence-electron chi connectivity index (χ3n) is 12.0. The summed E-state index contributed by atoms with van der Waals surface area (Å²) in [7, 11) is 0. The number of halogens is 6. The Hall–Kier alpha value is -6.02. The van der Waals surface area contributed by atoms with Crippen LogP contribution in [0.4, 0.5) is 54.1 Å². The van der Waals surface area contributed by atoms with E-state index in [4.69, 9.17) is 4.74 Å². The van der Waals surface area contributed by atoms with Gasteiger partial charge in [0.1, 0.15) is 40.8 Å². The van der Waals surface area contributed by atoms with Crippen LogP contribution in [0.15, 0.2) is 36.7 Å². The van der Waals surface area contributed by atoms with E-state index in [1.54, 1.807) is 15.9 Å². The van der Waals surface area contributed by atoms with Crippen molar-refractivity contribution in [2.75, 3.05) is 72.0 Å². The first-order chi connectivity index (χ1) is 30.6. The molecule has 0 spiro atoms. The lowest BCUT2D eigenvalue weighted by atomic mass is 9.95. The van der Waals surface area contributed by atoms with Crippen LogP contribution in [0.1, 0.15) is 78.7 Å². The van der Waals surface area contributed by atoms with E-state index in [0.717, 1.165) is 97.3 Å². The quantitative estimate of drug-likeness (QED) is 0.186. The van der Waals surface area contributed by atoms with Crippen molar-refractivity contribution in [2.24, 2.45) is 5.92 Å². The molecule has 0 bridgehead atoms. The SMILES string of the molecule is CC.Cc1nc2c(c(N3CCC3)n1)CN(C(=O)CC1CN(c3ccnc(C(F)(F)F)c3)C1)C2.Cc1nc2c(c(N3CCC3)n1)CN(C(=O)OC1CN(c3ccnc(C(F)(F)F)c3)C1)C2. The second-order valence-electron chi connectivity index (χ2n) is 16.5. The Kier molecular flexibility index (Phi) is 12.4. The van der Waals surface area contributed by atoms with Crippen molar-refractivity contribution in [2.45, 2.75) is 91.6 Å². The van der Waals surface area contributed by atoms with Crippen molar-refractivity contribution < 1.29 is 40.7 Å². The van der Waals surface area contributed by atoms with E-state index in [1.807, 2.05) is 37.5 Å². The number of carbonyl (C=O) groups is 2. The lowest BCUT2D eigenvalue weighted by Gasteiger charge is -2.41. The highest BCUT2D eigenvalue weighted by Gasteiger charge is 2.39. The molecule has 15 nitrogen and oxygen atoms in total. The van der Waals surface area contributed by atoms with Crippen LogP contribution in [0.25, 0.3) is 0 Å². The molecule has 10 rings (SSSR count). The monoisotopic (exact) mass is 896 g/mol. The average Bonchev–Trinajstić information content (AvgIpc) is 3.82. The Balaban J connectivity index is 0.000000169. The zero-order valence-electron chi connectivity index (χ0n) is 36.1. The highest BCUT2D eigenvalue weighted by atomic mass is 19.4. The van der Waals surface area contributed by atoms with Gasteiger partial charge in [0.25, 0.3) is 0 Å². The van der Waals surface area contributed by atoms with Crippen LogP contribution in [0.2, 0.25) is 0 Å². The topological polar surface area (TPSA) is 140 Å². The van der Waals surface area contributed by atoms with Gasteiger partial charge in [0, 0.05) is 86.5 Å². The summed E-state index contributed by atoms with van der Waals surface area (Å²) in [6.07, 6.45) is -4.79. The van der Waals surface area contributed by atoms with Gasteiger partial charge in [-0.25, -0.2) is 24.7 Å². The number of ether oxygens (including phenoxy) is 1. The Bertz CT molecular complexity index is 2200. The molecule has 0 aromatic carbocycles. The third kappa shape index (κ3) is 9.43. The third-order valence-corrected chi connectivity index (χ3v) is 12.0. The lowest BCUT2D eigenvalue weighted by Crippen LogP contribution is -2.54. The Morgan fingerprint density at radius 2 is 1.09 bits per heavy atom. The fourth-order valence-corrected chi connectivity index (χ4v) is 8.37. The van der Waals surface area contributed by atoms with Gasteiger partial charge in [-0.15, -0.1) is 0 Å². The van der Waals surface area contributed by atoms with Crippen LogP contribution < -0.4 is 19.6 Å². The molecule has 0 atom stereocenters. The lowest BCUT2D eigenvalue weighted by molar-refractivity contribution is -0.141. The second kappa shape index (κ2) is 17.9. The van der Waals surface area contributed by atoms with E-state index in [-0.39, 0.29) is 17.9 Å². The number of alkyl halides is 6. The van der Waals surface area contributed by atoms with Crippen molar-refractivity contribution in [3.8, 4) is 0 Å². The van der Waals surface area contributed by atoms with Crippen LogP contribution in [0.3, 0.4) is 0 Å². The number of amides is 2. The smallest absolute Gasteiger partial charge is 0.433 e. The minimum absolute atomic E-state index is 0.0561. The van der Waals surface area contributed by atoms with Crippen LogP contribution in [-0.2, 0) is 48.1 Å². The van der Waals surface area contributed by atoms with Gasteiger partial charge in [-0.1, -0.05) is 13.8 Å². The Morgan fingerprint density at radius 1 is 0.641 bits per heavy atom. The molecule has 4 aromatic heterocycles. The van der Waals surface area contributed by atoms with Crippen LogP contribution in [0.5, 0.6) is 0 Å². The second-order valence-corrected chi connectivity index (χ2v) is 16.5. The van der Waals surface area contributed by atoms with Crippen LogP contribution >= 0.6 is 0 Å². The van der Waals surface area contributed by atoms with Gasteiger partial charge in [-0.05, 0) is 51.0 Å². The van der Waals surface area contributed by atoms with Crippen molar-refractivity contribution in [3.05, 3.63) is 82.2 Å². The van der Waals surface area contributed by atoms with E-state index >= 15 is 0 Å². The molecule has 0 saturated carbocycles. The number of fused-ring (bicyclic) bond motifs is 2. The number of pyridine rings is 2. The van der Waals surface area contributed by atoms with Crippen molar-refractivity contribution in [1.82, 2.24) is 39.7 Å². The van der Waals surface area contributed by atoms with Gasteiger partial charge >= 0.3 is 18.4 Å². The number of nitrogens with zero attached hydrogens (tertiary/aromatic N) is 12. The molecule has 0 unspecified atom stereocenters. The van der Waals surface area contributed by atoms with E-state index in [0.29, 0.717) is 76.0 Å². The van der Waals surface area contributed by atoms with Crippen molar-refractivity contribution in [1.29, 1.82) is 0 Å². The number of anilines is 4. The van der Waals surface area contributed by atoms with E-state index in [2.05, 4.69) is 39.7 Å². The molecule has 342 valence electrons. The van der Waals surface area contributed by atoms with Gasteiger partial charge in [0.05, 0.1) is 50.7 Å². The molecule has 6 aliphatic heterocycles. The fourth-order valence-electron chi connectivity index (χ4n) is 8.37. The molecule has 0 N–H and O–H groups in total. The standard InChI is InChI=1S/C21H23F3N6O.C20H21F3N6O2.C2H6/c1-13-26-17-12-30(11-16(17)20(27-13)28-5-2-6-28)19(31)7-14-9-29(10-14)15-3-4-25-18(8-15)21(22,23)24;1-12-25-16-11-29(10-15(16)18(26-12)27-5-2-6-27)19(30)31-14-8-28(9-14)13-3-4-24-17(7-13)20(21,22)23;1-2/h3-4,8,14H,2,5-7,9-12H2,1H3;3-4,7,14H,2,5-6,8-11H2,1H3;1-2H3. The van der Waals surface area contributed by atoms with Crippen LogP contribution in [-0.4, -0.2) is 110 Å².